The first-order valence-corrected chi connectivity index (χ1v) is 9.77. The number of aliphatic imine (C=N–C) groups is 1. The summed E-state index contributed by atoms with van der Waals surface area (Å²) < 4.78 is 18.1. The van der Waals surface area contributed by atoms with E-state index in [-0.39, 0.29) is 42.1 Å². The maximum Gasteiger partial charge on any atom is 0.224 e. The van der Waals surface area contributed by atoms with Crippen molar-refractivity contribution in [2.75, 3.05) is 33.3 Å². The van der Waals surface area contributed by atoms with Gasteiger partial charge in [0, 0.05) is 26.2 Å². The lowest BCUT2D eigenvalue weighted by Gasteiger charge is -2.12. The van der Waals surface area contributed by atoms with E-state index in [0.29, 0.717) is 25.6 Å². The van der Waals surface area contributed by atoms with Crippen LogP contribution in [0.5, 0.6) is 5.75 Å². The Hall–Kier alpha value is -2.36. The second-order valence-electron chi connectivity index (χ2n) is 6.44. The molecule has 0 saturated heterocycles. The summed E-state index contributed by atoms with van der Waals surface area (Å²) in [5, 5.41) is 9.24. The summed E-state index contributed by atoms with van der Waals surface area (Å²) in [5.74, 6) is 1.16. The molecule has 0 saturated carbocycles. The van der Waals surface area contributed by atoms with Gasteiger partial charge in [0.25, 0.3) is 0 Å². The topological polar surface area (TPSA) is 74.8 Å². The lowest BCUT2D eigenvalue weighted by molar-refractivity contribution is -0.120. The number of halogens is 2. The second kappa shape index (κ2) is 14.6. The molecular formula is C22H30FIN4O2. The molecule has 2 aromatic carbocycles. The number of methoxy groups -OCH3 is 1. The molecule has 0 fully saturated rings. The molecule has 0 atom stereocenters. The largest absolute Gasteiger partial charge is 0.497 e. The Labute approximate surface area is 194 Å². The number of rotatable bonds is 10. The molecule has 2 rings (SSSR count). The molecule has 30 heavy (non-hydrogen) atoms. The maximum atomic E-state index is 12.9. The first-order valence-electron chi connectivity index (χ1n) is 9.77. The summed E-state index contributed by atoms with van der Waals surface area (Å²) >= 11 is 0. The monoisotopic (exact) mass is 528 g/mol. The van der Waals surface area contributed by atoms with E-state index >= 15 is 0 Å². The van der Waals surface area contributed by atoms with Crippen LogP contribution in [0.4, 0.5) is 4.39 Å². The number of guanidine groups is 1. The molecule has 164 valence electrons. The van der Waals surface area contributed by atoms with E-state index < -0.39 is 0 Å². The minimum atomic E-state index is -0.305. The van der Waals surface area contributed by atoms with Gasteiger partial charge in [0.1, 0.15) is 11.6 Å². The zero-order valence-corrected chi connectivity index (χ0v) is 19.7. The van der Waals surface area contributed by atoms with Crippen LogP contribution in [-0.2, 0) is 17.6 Å². The van der Waals surface area contributed by atoms with E-state index in [2.05, 4.69) is 20.9 Å². The van der Waals surface area contributed by atoms with Crippen LogP contribution in [0.15, 0.2) is 53.5 Å². The summed E-state index contributed by atoms with van der Waals surface area (Å²) in [5.41, 5.74) is 1.98. The number of ether oxygens (including phenoxy) is 1. The van der Waals surface area contributed by atoms with Gasteiger partial charge in [-0.2, -0.15) is 0 Å². The van der Waals surface area contributed by atoms with Crippen LogP contribution in [0.2, 0.25) is 0 Å². The van der Waals surface area contributed by atoms with Gasteiger partial charge in [-0.15, -0.1) is 24.0 Å². The number of amides is 1. The fourth-order valence-electron chi connectivity index (χ4n) is 2.66. The van der Waals surface area contributed by atoms with Crippen LogP contribution < -0.4 is 20.7 Å². The fraction of sp³-hybridized carbons (Fsp3) is 0.364. The Bertz CT molecular complexity index is 783. The Balaban J connectivity index is 0.00000450. The quantitative estimate of drug-likeness (QED) is 0.192. The van der Waals surface area contributed by atoms with Crippen molar-refractivity contribution in [2.24, 2.45) is 4.99 Å². The first-order chi connectivity index (χ1) is 14.1. The highest BCUT2D eigenvalue weighted by molar-refractivity contribution is 14.0. The highest BCUT2D eigenvalue weighted by Gasteiger charge is 2.03. The molecule has 1 amide bonds. The smallest absolute Gasteiger partial charge is 0.224 e. The van der Waals surface area contributed by atoms with Gasteiger partial charge < -0.3 is 20.7 Å². The molecule has 0 radical (unpaired) electrons. The molecule has 0 aliphatic heterocycles. The number of nitrogens with zero attached hydrogens (tertiary/aromatic N) is 1. The van der Waals surface area contributed by atoms with E-state index in [1.165, 1.54) is 17.7 Å². The van der Waals surface area contributed by atoms with Crippen molar-refractivity contribution in [3.8, 4) is 5.75 Å². The zero-order valence-electron chi connectivity index (χ0n) is 17.4. The van der Waals surface area contributed by atoms with Gasteiger partial charge in [-0.3, -0.25) is 9.79 Å². The summed E-state index contributed by atoms with van der Waals surface area (Å²) in [6.45, 7) is 4.45. The molecule has 0 bridgehead atoms. The van der Waals surface area contributed by atoms with E-state index in [4.69, 9.17) is 4.74 Å². The highest BCUT2D eigenvalue weighted by atomic mass is 127. The molecule has 0 aliphatic carbocycles. The van der Waals surface area contributed by atoms with Gasteiger partial charge in [0.15, 0.2) is 5.96 Å². The van der Waals surface area contributed by atoms with Gasteiger partial charge in [0.05, 0.1) is 13.5 Å². The SMILES string of the molecule is CCNC(=NCCc1ccc(OC)cc1)NCCNC(=O)Cc1ccc(F)cc1.I. The molecule has 6 nitrogen and oxygen atoms in total. The molecule has 0 aliphatic rings. The van der Waals surface area contributed by atoms with Crippen LogP contribution in [0, 0.1) is 5.82 Å². The third-order valence-electron chi connectivity index (χ3n) is 4.19. The molecule has 0 spiro atoms. The molecular weight excluding hydrogens is 498 g/mol. The van der Waals surface area contributed by atoms with Crippen molar-refractivity contribution in [1.82, 2.24) is 16.0 Å². The molecule has 0 unspecified atom stereocenters. The van der Waals surface area contributed by atoms with Gasteiger partial charge in [-0.1, -0.05) is 24.3 Å². The second-order valence-corrected chi connectivity index (χ2v) is 6.44. The number of benzene rings is 2. The third-order valence-corrected chi connectivity index (χ3v) is 4.19. The maximum absolute atomic E-state index is 12.9. The van der Waals surface area contributed by atoms with E-state index in [9.17, 15) is 9.18 Å². The number of nitrogens with one attached hydrogen (secondary N) is 3. The van der Waals surface area contributed by atoms with Crippen LogP contribution >= 0.6 is 24.0 Å². The Morgan fingerprint density at radius 1 is 0.967 bits per heavy atom. The van der Waals surface area contributed by atoms with Crippen molar-refractivity contribution < 1.29 is 13.9 Å². The Morgan fingerprint density at radius 3 is 2.23 bits per heavy atom. The lowest BCUT2D eigenvalue weighted by atomic mass is 10.1. The summed E-state index contributed by atoms with van der Waals surface area (Å²) in [7, 11) is 1.65. The fourth-order valence-corrected chi connectivity index (χ4v) is 2.66. The molecule has 3 N–H and O–H groups in total. The molecule has 0 heterocycles. The number of carbonyl (C=O) groups excluding carboxylic acids is 1. The molecule has 2 aromatic rings. The standard InChI is InChI=1S/C22H29FN4O2.HI/c1-3-24-22(26-13-12-17-6-10-20(29-2)11-7-17)27-15-14-25-21(28)16-18-4-8-19(23)9-5-18;/h4-11H,3,12-16H2,1-2H3,(H,25,28)(H2,24,26,27);1H. The van der Waals surface area contributed by atoms with Gasteiger partial charge in [0.2, 0.25) is 5.91 Å². The van der Waals surface area contributed by atoms with Gasteiger partial charge >= 0.3 is 0 Å². The van der Waals surface area contributed by atoms with Crippen molar-refractivity contribution in [1.29, 1.82) is 0 Å². The Kier molecular flexibility index (Phi) is 12.5. The molecule has 0 aromatic heterocycles. The van der Waals surface area contributed by atoms with Crippen molar-refractivity contribution in [3.05, 3.63) is 65.5 Å². The first kappa shape index (κ1) is 25.7. The average Bonchev–Trinajstić information content (AvgIpc) is 2.73. The summed E-state index contributed by atoms with van der Waals surface area (Å²) in [6, 6.07) is 13.9. The number of hydrogen-bond donors (Lipinski definition) is 3. The third kappa shape index (κ3) is 9.91. The van der Waals surface area contributed by atoms with Crippen LogP contribution in [0.25, 0.3) is 0 Å². The normalized spacial score (nSPS) is 10.7. The number of hydrogen-bond acceptors (Lipinski definition) is 3. The highest BCUT2D eigenvalue weighted by Crippen LogP contribution is 2.11. The summed E-state index contributed by atoms with van der Waals surface area (Å²) in [6.07, 6.45) is 1.06. The van der Waals surface area contributed by atoms with Crippen molar-refractivity contribution in [2.45, 2.75) is 19.8 Å². The van der Waals surface area contributed by atoms with Crippen molar-refractivity contribution >= 4 is 35.8 Å². The lowest BCUT2D eigenvalue weighted by Crippen LogP contribution is -2.41. The van der Waals surface area contributed by atoms with Crippen molar-refractivity contribution in [3.63, 3.8) is 0 Å². The molecule has 8 heteroatoms. The van der Waals surface area contributed by atoms with Crippen LogP contribution in [0.1, 0.15) is 18.1 Å². The van der Waals surface area contributed by atoms with E-state index in [1.54, 1.807) is 19.2 Å². The zero-order chi connectivity index (χ0) is 20.9. The number of carbonyl (C=O) groups is 1. The summed E-state index contributed by atoms with van der Waals surface area (Å²) in [4.78, 5) is 16.5. The van der Waals surface area contributed by atoms with Crippen LogP contribution in [0.3, 0.4) is 0 Å². The predicted molar refractivity (Wildman–Crippen MR) is 129 cm³/mol. The van der Waals surface area contributed by atoms with E-state index in [1.807, 2.05) is 31.2 Å². The Morgan fingerprint density at radius 2 is 1.60 bits per heavy atom. The van der Waals surface area contributed by atoms with Crippen LogP contribution in [-0.4, -0.2) is 45.2 Å². The average molecular weight is 528 g/mol. The predicted octanol–water partition coefficient (Wildman–Crippen LogP) is 2.91. The van der Waals surface area contributed by atoms with E-state index in [0.717, 1.165) is 24.3 Å². The minimum Gasteiger partial charge on any atom is -0.497 e. The minimum absolute atomic E-state index is 0. The van der Waals surface area contributed by atoms with Gasteiger partial charge in [-0.25, -0.2) is 4.39 Å². The van der Waals surface area contributed by atoms with Gasteiger partial charge in [-0.05, 0) is 48.7 Å².